The quantitative estimate of drug-likeness (QED) is 0.142. The van der Waals surface area contributed by atoms with E-state index in [0.717, 1.165) is 0 Å². The topological polar surface area (TPSA) is 0 Å². The maximum atomic E-state index is 2.47. The molecule has 0 aliphatic carbocycles. The van der Waals surface area contributed by atoms with Gasteiger partial charge in [-0.05, 0) is 45.5 Å². The van der Waals surface area contributed by atoms with Crippen LogP contribution in [0.3, 0.4) is 0 Å². The predicted molar refractivity (Wildman–Crippen MR) is 403 cm³/mol. The standard InChI is InChI=1S/C62H32S20/c1-7-19-33(20-8-1)39(47-71-57-58(72-47)80-55(79-57)53-67-43(35-23-11-3-12-24-35)44(68-53)36-25-13-4-14-26-36)31-41-63-49-50(64-41)76-61(75-49)62-77-51-52(78-62)66-42(65-51)32-40(34-21-9-2-10-22-34)48-73-59-60(74-48)82-56(81-59)54-69-45(37-27-15-5-16-28-37)46(70-54)38-29-17-6-18-30-38/h1-32H. The lowest BCUT2D eigenvalue weighted by atomic mass is 10.1. The molecular weight excluding hydrogens is 1390 g/mol. The molecule has 82 heavy (non-hydrogen) atoms. The fraction of sp³-hybridized carbons (Fsp3) is 0. The molecule has 16 rings (SSSR count). The fourth-order valence-corrected chi connectivity index (χ4v) is 40.6. The summed E-state index contributed by atoms with van der Waals surface area (Å²) in [5, 5.41) is 0. The molecule has 10 aliphatic rings. The van der Waals surface area contributed by atoms with Crippen LogP contribution >= 0.6 is 235 Å². The van der Waals surface area contributed by atoms with Crippen LogP contribution in [-0.2, 0) is 0 Å². The molecule has 400 valence electrons. The summed E-state index contributed by atoms with van der Waals surface area (Å²) in [5.41, 5.74) is 10.3. The summed E-state index contributed by atoms with van der Waals surface area (Å²) >= 11 is 39.2. The highest BCUT2D eigenvalue weighted by molar-refractivity contribution is 8.52. The summed E-state index contributed by atoms with van der Waals surface area (Å²) in [6.07, 6.45) is 4.94. The van der Waals surface area contributed by atoms with E-state index in [4.69, 9.17) is 0 Å². The molecule has 0 saturated heterocycles. The van der Waals surface area contributed by atoms with Gasteiger partial charge in [-0.25, -0.2) is 0 Å². The van der Waals surface area contributed by atoms with Crippen LogP contribution in [0.2, 0.25) is 0 Å². The number of thioether (sulfide) groups is 20. The van der Waals surface area contributed by atoms with E-state index >= 15 is 0 Å². The summed E-state index contributed by atoms with van der Waals surface area (Å²) in [6.45, 7) is 0. The molecule has 20 heteroatoms. The van der Waals surface area contributed by atoms with Gasteiger partial charge in [0.1, 0.15) is 0 Å². The van der Waals surface area contributed by atoms with Crippen molar-refractivity contribution in [2.45, 2.75) is 0 Å². The Kier molecular flexibility index (Phi) is 17.2. The van der Waals surface area contributed by atoms with Crippen molar-refractivity contribution < 1.29 is 0 Å². The van der Waals surface area contributed by atoms with E-state index in [-0.39, 0.29) is 0 Å². The zero-order valence-corrected chi connectivity index (χ0v) is 58.0. The van der Waals surface area contributed by atoms with Gasteiger partial charge in [0.05, 0.1) is 76.3 Å². The van der Waals surface area contributed by atoms with E-state index in [0.29, 0.717) is 0 Å². The highest BCUT2D eigenvalue weighted by Gasteiger charge is 2.41. The lowest BCUT2D eigenvalue weighted by Gasteiger charge is -2.12. The maximum Gasteiger partial charge on any atom is 0.0718 e. The molecule has 0 N–H and O–H groups in total. The smallest absolute Gasteiger partial charge is 0.0718 e. The first kappa shape index (κ1) is 56.2. The molecule has 10 aliphatic heterocycles. The Bertz CT molecular complexity index is 3680. The van der Waals surface area contributed by atoms with Crippen LogP contribution in [0.15, 0.2) is 270 Å². The Hall–Kier alpha value is -1.06. The van der Waals surface area contributed by atoms with E-state index in [9.17, 15) is 0 Å². The molecule has 0 atom stereocenters. The van der Waals surface area contributed by atoms with E-state index in [1.807, 2.05) is 235 Å². The van der Waals surface area contributed by atoms with Gasteiger partial charge in [-0.1, -0.05) is 417 Å². The van der Waals surface area contributed by atoms with Crippen molar-refractivity contribution in [1.82, 2.24) is 0 Å². The van der Waals surface area contributed by atoms with Crippen LogP contribution in [0.4, 0.5) is 0 Å². The first-order valence-corrected chi connectivity index (χ1v) is 41.4. The summed E-state index contributed by atoms with van der Waals surface area (Å²) < 4.78 is 25.2. The molecule has 0 fully saturated rings. The van der Waals surface area contributed by atoms with E-state index in [1.165, 1.54) is 140 Å². The summed E-state index contributed by atoms with van der Waals surface area (Å²) in [7, 11) is 0. The Morgan fingerprint density at radius 3 is 0.634 bits per heavy atom. The third-order valence-electron chi connectivity index (χ3n) is 12.6. The minimum Gasteiger partial charge on any atom is -0.0791 e. The van der Waals surface area contributed by atoms with Crippen molar-refractivity contribution in [1.29, 1.82) is 0 Å². The molecule has 6 aromatic carbocycles. The highest BCUT2D eigenvalue weighted by Crippen LogP contribution is 2.76. The van der Waals surface area contributed by atoms with Gasteiger partial charge in [0.25, 0.3) is 0 Å². The minimum absolute atomic E-state index is 1.27. The lowest BCUT2D eigenvalue weighted by Crippen LogP contribution is -1.84. The van der Waals surface area contributed by atoms with Gasteiger partial charge in [-0.15, -0.1) is 0 Å². The Balaban J connectivity index is 0.575. The van der Waals surface area contributed by atoms with Crippen LogP contribution < -0.4 is 0 Å². The van der Waals surface area contributed by atoms with Gasteiger partial charge in [-0.3, -0.25) is 0 Å². The van der Waals surface area contributed by atoms with Crippen LogP contribution in [-0.4, -0.2) is 0 Å². The molecule has 10 heterocycles. The molecule has 0 nitrogen and oxygen atoms in total. The van der Waals surface area contributed by atoms with Crippen molar-refractivity contribution in [2.24, 2.45) is 0 Å². The molecule has 0 amide bonds. The van der Waals surface area contributed by atoms with Crippen LogP contribution in [0.5, 0.6) is 0 Å². The average molecular weight is 1420 g/mol. The normalized spacial score (nSPS) is 20.4. The van der Waals surface area contributed by atoms with Crippen molar-refractivity contribution >= 4 is 266 Å². The summed E-state index contributed by atoms with van der Waals surface area (Å²) in [5.74, 6) is 0. The van der Waals surface area contributed by atoms with Gasteiger partial charge >= 0.3 is 0 Å². The zero-order chi connectivity index (χ0) is 54.1. The van der Waals surface area contributed by atoms with Gasteiger partial charge < -0.3 is 0 Å². The largest absolute Gasteiger partial charge is 0.0791 e. The molecule has 0 radical (unpaired) electrons. The van der Waals surface area contributed by atoms with Gasteiger partial charge in [-0.2, -0.15) is 0 Å². The van der Waals surface area contributed by atoms with E-state index in [1.54, 1.807) is 0 Å². The van der Waals surface area contributed by atoms with E-state index < -0.39 is 0 Å². The summed E-state index contributed by atoms with van der Waals surface area (Å²) in [4.78, 5) is 5.40. The minimum atomic E-state index is 1.27. The molecule has 6 aromatic rings. The average Bonchev–Trinajstić information content (AvgIpc) is 4.54. The number of rotatable bonds is 8. The zero-order valence-electron chi connectivity index (χ0n) is 41.6. The second kappa shape index (κ2) is 25.1. The molecular formula is C62H32S20. The first-order chi connectivity index (χ1) is 40.5. The molecule has 0 bridgehead atoms. The van der Waals surface area contributed by atoms with Crippen LogP contribution in [0, 0.1) is 0 Å². The monoisotopic (exact) mass is 1420 g/mol. The second-order valence-corrected chi connectivity index (χ2v) is 43.1. The third-order valence-corrected chi connectivity index (χ3v) is 41.9. The summed E-state index contributed by atoms with van der Waals surface area (Å²) in [6, 6.07) is 65.6. The highest BCUT2D eigenvalue weighted by atomic mass is 32.3. The third kappa shape index (κ3) is 11.6. The first-order valence-electron chi connectivity index (χ1n) is 25.0. The van der Waals surface area contributed by atoms with Crippen molar-refractivity contribution in [2.75, 3.05) is 0 Å². The Labute approximate surface area is 562 Å². The number of hydrogen-bond acceptors (Lipinski definition) is 20. The van der Waals surface area contributed by atoms with Gasteiger partial charge in [0.2, 0.25) is 0 Å². The predicted octanol–water partition coefficient (Wildman–Crippen LogP) is 27.1. The van der Waals surface area contributed by atoms with Gasteiger partial charge in [0, 0.05) is 30.8 Å². The van der Waals surface area contributed by atoms with Crippen molar-refractivity contribution in [3.05, 3.63) is 304 Å². The lowest BCUT2D eigenvalue weighted by molar-refractivity contribution is 1.63. The Morgan fingerprint density at radius 1 is 0.195 bits per heavy atom. The van der Waals surface area contributed by atoms with Crippen LogP contribution in [0.25, 0.3) is 30.8 Å². The molecule has 0 spiro atoms. The van der Waals surface area contributed by atoms with Crippen LogP contribution in [0.1, 0.15) is 33.4 Å². The molecule has 0 saturated carbocycles. The van der Waals surface area contributed by atoms with Gasteiger partial charge in [0.15, 0.2) is 0 Å². The number of benzene rings is 6. The number of hydrogen-bond donors (Lipinski definition) is 0. The Morgan fingerprint density at radius 2 is 0.390 bits per heavy atom. The maximum absolute atomic E-state index is 2.47. The number of allylic oxidation sites excluding steroid dienone is 4. The molecule has 0 aromatic heterocycles. The molecule has 0 unspecified atom stereocenters. The van der Waals surface area contributed by atoms with Crippen molar-refractivity contribution in [3.63, 3.8) is 0 Å². The van der Waals surface area contributed by atoms with E-state index in [2.05, 4.69) is 194 Å². The van der Waals surface area contributed by atoms with Crippen molar-refractivity contribution in [3.8, 4) is 0 Å². The fourth-order valence-electron chi connectivity index (χ4n) is 8.92. The second-order valence-electron chi connectivity index (χ2n) is 17.9. The SMILES string of the molecule is C(=C1SC2=C(S1)SC(=C1SC3=C(SC(=CC(=C4SC5=C(SC(=C6SC(c7ccccc7)=C(c7ccccc7)S6)S5)S4)c4ccccc4)S3)S1)S2)C(=C1SC2=C(SC(=C3SC(c4ccccc4)=C(c4ccccc4)S3)S2)S1)c1ccccc1.